The summed E-state index contributed by atoms with van der Waals surface area (Å²) in [6.45, 7) is 7.66. The summed E-state index contributed by atoms with van der Waals surface area (Å²) in [4.78, 5) is 13.9. The average molecular weight is 242 g/mol. The maximum atomic E-state index is 11.6. The maximum absolute atomic E-state index is 11.6. The van der Waals surface area contributed by atoms with Crippen molar-refractivity contribution in [2.75, 3.05) is 13.1 Å². The Morgan fingerprint density at radius 2 is 2.18 bits per heavy atom. The van der Waals surface area contributed by atoms with Gasteiger partial charge in [0.25, 0.3) is 0 Å². The zero-order valence-electron chi connectivity index (χ0n) is 11.3. The summed E-state index contributed by atoms with van der Waals surface area (Å²) < 4.78 is 0. The van der Waals surface area contributed by atoms with Gasteiger partial charge in [0.2, 0.25) is 5.91 Å². The Labute approximate surface area is 104 Å². The van der Waals surface area contributed by atoms with Crippen molar-refractivity contribution in [1.82, 2.24) is 10.2 Å². The molecule has 1 heterocycles. The highest BCUT2D eigenvalue weighted by Gasteiger charge is 2.25. The summed E-state index contributed by atoms with van der Waals surface area (Å²) in [6.07, 6.45) is 3.48. The lowest BCUT2D eigenvalue weighted by Gasteiger charge is -2.25. The smallest absolute Gasteiger partial charge is 0.221 e. The maximum Gasteiger partial charge on any atom is 0.221 e. The monoisotopic (exact) mass is 242 g/mol. The summed E-state index contributed by atoms with van der Waals surface area (Å²) in [5, 5.41) is 12.3. The second-order valence-corrected chi connectivity index (χ2v) is 5.39. The number of amides is 1. The molecule has 2 atom stereocenters. The van der Waals surface area contributed by atoms with E-state index >= 15 is 0 Å². The van der Waals surface area contributed by atoms with Gasteiger partial charge in [0.05, 0.1) is 6.10 Å². The Bertz CT molecular complexity index is 242. The molecule has 2 unspecified atom stereocenters. The number of carbonyl (C=O) groups is 1. The standard InChI is InChI=1S/C13H26N2O2/c1-10(2)14-13(17)6-8-15-7-4-5-12(15)9-11(3)16/h10-12,16H,4-9H2,1-3H3,(H,14,17). The van der Waals surface area contributed by atoms with Gasteiger partial charge in [-0.05, 0) is 46.6 Å². The van der Waals surface area contributed by atoms with Gasteiger partial charge in [-0.15, -0.1) is 0 Å². The fraction of sp³-hybridized carbons (Fsp3) is 0.923. The predicted molar refractivity (Wildman–Crippen MR) is 68.8 cm³/mol. The van der Waals surface area contributed by atoms with E-state index in [1.807, 2.05) is 20.8 Å². The summed E-state index contributed by atoms with van der Waals surface area (Å²) in [7, 11) is 0. The molecule has 0 aromatic heterocycles. The van der Waals surface area contributed by atoms with Gasteiger partial charge < -0.3 is 10.4 Å². The number of nitrogens with one attached hydrogen (secondary N) is 1. The van der Waals surface area contributed by atoms with E-state index in [2.05, 4.69) is 10.2 Å². The normalized spacial score (nSPS) is 23.0. The van der Waals surface area contributed by atoms with Crippen LogP contribution in [0.5, 0.6) is 0 Å². The number of hydrogen-bond donors (Lipinski definition) is 2. The molecule has 0 bridgehead atoms. The quantitative estimate of drug-likeness (QED) is 0.734. The van der Waals surface area contributed by atoms with E-state index in [0.717, 1.165) is 25.9 Å². The lowest BCUT2D eigenvalue weighted by Crippen LogP contribution is -2.37. The molecule has 0 aromatic rings. The van der Waals surface area contributed by atoms with Gasteiger partial charge in [-0.2, -0.15) is 0 Å². The molecular weight excluding hydrogens is 216 g/mol. The van der Waals surface area contributed by atoms with Crippen molar-refractivity contribution in [1.29, 1.82) is 0 Å². The first-order chi connectivity index (χ1) is 7.99. The van der Waals surface area contributed by atoms with Gasteiger partial charge in [-0.25, -0.2) is 0 Å². The molecule has 1 rings (SSSR count). The van der Waals surface area contributed by atoms with E-state index in [1.54, 1.807) is 0 Å². The summed E-state index contributed by atoms with van der Waals surface area (Å²) >= 11 is 0. The second-order valence-electron chi connectivity index (χ2n) is 5.39. The highest BCUT2D eigenvalue weighted by atomic mass is 16.3. The van der Waals surface area contributed by atoms with Gasteiger partial charge in [0.15, 0.2) is 0 Å². The van der Waals surface area contributed by atoms with Crippen molar-refractivity contribution in [3.05, 3.63) is 0 Å². The Hall–Kier alpha value is -0.610. The van der Waals surface area contributed by atoms with E-state index in [4.69, 9.17) is 0 Å². The average Bonchev–Trinajstić information content (AvgIpc) is 2.60. The van der Waals surface area contributed by atoms with Crippen LogP contribution in [0.1, 0.15) is 46.5 Å². The minimum absolute atomic E-state index is 0.127. The molecular formula is C13H26N2O2. The van der Waals surface area contributed by atoms with Crippen LogP contribution in [0.15, 0.2) is 0 Å². The molecule has 1 aliphatic heterocycles. The third kappa shape index (κ3) is 5.50. The molecule has 17 heavy (non-hydrogen) atoms. The van der Waals surface area contributed by atoms with Gasteiger partial charge >= 0.3 is 0 Å². The number of hydrogen-bond acceptors (Lipinski definition) is 3. The zero-order valence-corrected chi connectivity index (χ0v) is 11.3. The van der Waals surface area contributed by atoms with Crippen molar-refractivity contribution in [3.63, 3.8) is 0 Å². The number of aliphatic hydroxyl groups excluding tert-OH is 1. The summed E-state index contributed by atoms with van der Waals surface area (Å²) in [5.41, 5.74) is 0. The molecule has 1 saturated heterocycles. The molecule has 2 N–H and O–H groups in total. The summed E-state index contributed by atoms with van der Waals surface area (Å²) in [5.74, 6) is 0.127. The second kappa shape index (κ2) is 6.97. The van der Waals surface area contributed by atoms with Crippen molar-refractivity contribution < 1.29 is 9.90 Å². The Morgan fingerprint density at radius 3 is 2.76 bits per heavy atom. The number of carbonyl (C=O) groups excluding carboxylic acids is 1. The SMILES string of the molecule is CC(O)CC1CCCN1CCC(=O)NC(C)C. The molecule has 4 heteroatoms. The first-order valence-electron chi connectivity index (χ1n) is 6.70. The van der Waals surface area contributed by atoms with Gasteiger partial charge in [-0.1, -0.05) is 0 Å². The molecule has 4 nitrogen and oxygen atoms in total. The number of aliphatic hydroxyl groups is 1. The van der Waals surface area contributed by atoms with Crippen LogP contribution in [0.4, 0.5) is 0 Å². The molecule has 1 fully saturated rings. The zero-order chi connectivity index (χ0) is 12.8. The lowest BCUT2D eigenvalue weighted by molar-refractivity contribution is -0.121. The highest BCUT2D eigenvalue weighted by Crippen LogP contribution is 2.21. The van der Waals surface area contributed by atoms with Crippen LogP contribution in [-0.4, -0.2) is 47.2 Å². The van der Waals surface area contributed by atoms with Crippen molar-refractivity contribution in [2.45, 2.75) is 64.6 Å². The summed E-state index contributed by atoms with van der Waals surface area (Å²) in [6, 6.07) is 0.677. The predicted octanol–water partition coefficient (Wildman–Crippen LogP) is 1.14. The van der Waals surface area contributed by atoms with Crippen LogP contribution in [0.2, 0.25) is 0 Å². The third-order valence-corrected chi connectivity index (χ3v) is 3.19. The first kappa shape index (κ1) is 14.5. The molecule has 0 saturated carbocycles. The molecule has 100 valence electrons. The van der Waals surface area contributed by atoms with Crippen molar-refractivity contribution in [3.8, 4) is 0 Å². The molecule has 1 aliphatic rings. The van der Waals surface area contributed by atoms with Crippen molar-refractivity contribution >= 4 is 5.91 Å². The lowest BCUT2D eigenvalue weighted by atomic mass is 10.1. The fourth-order valence-corrected chi connectivity index (χ4v) is 2.49. The minimum Gasteiger partial charge on any atom is -0.393 e. The van der Waals surface area contributed by atoms with E-state index in [0.29, 0.717) is 12.5 Å². The van der Waals surface area contributed by atoms with Crippen LogP contribution >= 0.6 is 0 Å². The van der Waals surface area contributed by atoms with Gasteiger partial charge in [-0.3, -0.25) is 9.69 Å². The van der Waals surface area contributed by atoms with Crippen LogP contribution in [0.3, 0.4) is 0 Å². The fourth-order valence-electron chi connectivity index (χ4n) is 2.49. The highest BCUT2D eigenvalue weighted by molar-refractivity contribution is 5.76. The minimum atomic E-state index is -0.245. The van der Waals surface area contributed by atoms with Crippen LogP contribution in [0.25, 0.3) is 0 Å². The van der Waals surface area contributed by atoms with Crippen LogP contribution in [-0.2, 0) is 4.79 Å². The van der Waals surface area contributed by atoms with E-state index < -0.39 is 0 Å². The third-order valence-electron chi connectivity index (χ3n) is 3.19. The number of rotatable bonds is 6. The van der Waals surface area contributed by atoms with E-state index in [-0.39, 0.29) is 18.1 Å². The molecule has 0 aliphatic carbocycles. The van der Waals surface area contributed by atoms with E-state index in [9.17, 15) is 9.90 Å². The molecule has 0 aromatic carbocycles. The molecule has 0 radical (unpaired) electrons. The van der Waals surface area contributed by atoms with Crippen LogP contribution in [0, 0.1) is 0 Å². The number of likely N-dealkylation sites (tertiary alicyclic amines) is 1. The van der Waals surface area contributed by atoms with Crippen molar-refractivity contribution in [2.24, 2.45) is 0 Å². The van der Waals surface area contributed by atoms with Gasteiger partial charge in [0.1, 0.15) is 0 Å². The van der Waals surface area contributed by atoms with E-state index in [1.165, 1.54) is 6.42 Å². The number of nitrogens with zero attached hydrogens (tertiary/aromatic N) is 1. The molecule has 1 amide bonds. The van der Waals surface area contributed by atoms with Gasteiger partial charge in [0, 0.05) is 25.0 Å². The first-order valence-corrected chi connectivity index (χ1v) is 6.70. The largest absolute Gasteiger partial charge is 0.393 e. The Balaban J connectivity index is 2.27. The topological polar surface area (TPSA) is 52.6 Å². The van der Waals surface area contributed by atoms with Crippen LogP contribution < -0.4 is 5.32 Å². The Morgan fingerprint density at radius 1 is 1.47 bits per heavy atom. The molecule has 0 spiro atoms. The Kier molecular flexibility index (Phi) is 5.92.